The molecular formula is C66H129NO5. The van der Waals surface area contributed by atoms with Gasteiger partial charge < -0.3 is 20.3 Å². The summed E-state index contributed by atoms with van der Waals surface area (Å²) in [7, 11) is 0. The van der Waals surface area contributed by atoms with Crippen LogP contribution in [0.25, 0.3) is 0 Å². The number of ether oxygens (including phenoxy) is 1. The van der Waals surface area contributed by atoms with Crippen molar-refractivity contribution in [1.82, 2.24) is 5.32 Å². The van der Waals surface area contributed by atoms with E-state index in [-0.39, 0.29) is 18.5 Å². The number of aliphatic hydroxyl groups excluding tert-OH is 2. The van der Waals surface area contributed by atoms with Gasteiger partial charge in [0.2, 0.25) is 5.91 Å². The van der Waals surface area contributed by atoms with E-state index in [1.54, 1.807) is 0 Å². The van der Waals surface area contributed by atoms with Crippen LogP contribution in [0.3, 0.4) is 0 Å². The SMILES string of the molecule is CCCCCCC/C=C\CCCCCCCC(=O)OCCCCCCCCCCCCCCCCCCCCCCC(=O)NC(CO)C(O)CCCCCCCCCCCCCCCCCCCCCCC. The number of rotatable bonds is 62. The first-order valence-corrected chi connectivity index (χ1v) is 32.9. The van der Waals surface area contributed by atoms with Crippen molar-refractivity contribution >= 4 is 11.9 Å². The topological polar surface area (TPSA) is 95.9 Å². The van der Waals surface area contributed by atoms with Gasteiger partial charge in [-0.3, -0.25) is 9.59 Å². The van der Waals surface area contributed by atoms with Crippen molar-refractivity contribution in [2.75, 3.05) is 13.2 Å². The molecule has 0 aromatic carbocycles. The van der Waals surface area contributed by atoms with E-state index in [2.05, 4.69) is 31.3 Å². The Kier molecular flexibility index (Phi) is 60.9. The number of allylic oxidation sites excluding steroid dienone is 2. The Hall–Kier alpha value is -1.40. The van der Waals surface area contributed by atoms with Crippen molar-refractivity contribution in [2.45, 2.75) is 386 Å². The Labute approximate surface area is 450 Å². The predicted molar refractivity (Wildman–Crippen MR) is 315 cm³/mol. The van der Waals surface area contributed by atoms with Gasteiger partial charge in [0.05, 0.1) is 25.4 Å². The maximum atomic E-state index is 12.5. The molecule has 0 heterocycles. The Morgan fingerprint density at radius 3 is 0.986 bits per heavy atom. The lowest BCUT2D eigenvalue weighted by molar-refractivity contribution is -0.143. The van der Waals surface area contributed by atoms with Gasteiger partial charge in [0, 0.05) is 12.8 Å². The van der Waals surface area contributed by atoms with Crippen molar-refractivity contribution in [3.63, 3.8) is 0 Å². The summed E-state index contributed by atoms with van der Waals surface area (Å²) >= 11 is 0. The van der Waals surface area contributed by atoms with Crippen LogP contribution in [-0.2, 0) is 14.3 Å². The molecule has 0 saturated carbocycles. The lowest BCUT2D eigenvalue weighted by Crippen LogP contribution is -2.45. The standard InChI is InChI=1S/C66H129NO5/c1-3-5-7-9-11-13-15-17-19-20-21-22-25-28-31-34-38-42-46-50-54-58-64(69)63(62-68)67-65(70)59-55-51-47-43-39-35-32-29-26-23-24-27-30-33-37-41-45-49-53-57-61-72-66(71)60-56-52-48-44-40-36-18-16-14-12-10-8-6-4-2/h16,18,63-64,68-69H,3-15,17,19-62H2,1-2H3,(H,67,70)/b18-16-. The number of hydrogen-bond donors (Lipinski definition) is 3. The van der Waals surface area contributed by atoms with Gasteiger partial charge in [-0.15, -0.1) is 0 Å². The number of amides is 1. The monoisotopic (exact) mass is 1020 g/mol. The van der Waals surface area contributed by atoms with Crippen LogP contribution in [0.4, 0.5) is 0 Å². The highest BCUT2D eigenvalue weighted by Crippen LogP contribution is 2.19. The first-order chi connectivity index (χ1) is 35.5. The molecule has 0 aromatic rings. The van der Waals surface area contributed by atoms with Crippen LogP contribution in [0, 0.1) is 0 Å². The molecule has 0 aliphatic heterocycles. The molecule has 6 nitrogen and oxygen atoms in total. The van der Waals surface area contributed by atoms with Crippen LogP contribution in [0.5, 0.6) is 0 Å². The zero-order valence-corrected chi connectivity index (χ0v) is 48.9. The first kappa shape index (κ1) is 70.6. The minimum Gasteiger partial charge on any atom is -0.466 e. The lowest BCUT2D eigenvalue weighted by Gasteiger charge is -2.22. The summed E-state index contributed by atoms with van der Waals surface area (Å²) in [6.45, 7) is 4.97. The van der Waals surface area contributed by atoms with Gasteiger partial charge in [0.1, 0.15) is 0 Å². The van der Waals surface area contributed by atoms with E-state index in [1.165, 1.54) is 295 Å². The van der Waals surface area contributed by atoms with Crippen molar-refractivity contribution in [3.8, 4) is 0 Å². The number of nitrogens with one attached hydrogen (secondary N) is 1. The molecule has 0 rings (SSSR count). The van der Waals surface area contributed by atoms with Crippen LogP contribution in [-0.4, -0.2) is 47.4 Å². The predicted octanol–water partition coefficient (Wildman–Crippen LogP) is 20.8. The van der Waals surface area contributed by atoms with Crippen molar-refractivity contribution in [1.29, 1.82) is 0 Å². The second kappa shape index (κ2) is 62.1. The molecule has 0 bridgehead atoms. The third kappa shape index (κ3) is 57.9. The van der Waals surface area contributed by atoms with Crippen LogP contribution in [0.1, 0.15) is 373 Å². The second-order valence-electron chi connectivity index (χ2n) is 22.8. The van der Waals surface area contributed by atoms with Gasteiger partial charge in [-0.05, 0) is 51.4 Å². The fourth-order valence-electron chi connectivity index (χ4n) is 10.5. The molecule has 0 fully saturated rings. The molecule has 0 spiro atoms. The van der Waals surface area contributed by atoms with E-state index in [9.17, 15) is 19.8 Å². The third-order valence-electron chi connectivity index (χ3n) is 15.6. The number of aliphatic hydroxyl groups is 2. The maximum Gasteiger partial charge on any atom is 0.305 e. The smallest absolute Gasteiger partial charge is 0.305 e. The summed E-state index contributed by atoms with van der Waals surface area (Å²) in [5, 5.41) is 23.4. The molecule has 72 heavy (non-hydrogen) atoms. The summed E-state index contributed by atoms with van der Waals surface area (Å²) in [5.41, 5.74) is 0. The van der Waals surface area contributed by atoms with E-state index < -0.39 is 12.1 Å². The van der Waals surface area contributed by atoms with Crippen LogP contribution in [0.2, 0.25) is 0 Å². The van der Waals surface area contributed by atoms with Gasteiger partial charge in [0.15, 0.2) is 0 Å². The fourth-order valence-corrected chi connectivity index (χ4v) is 10.5. The van der Waals surface area contributed by atoms with Gasteiger partial charge in [-0.2, -0.15) is 0 Å². The van der Waals surface area contributed by atoms with Crippen LogP contribution < -0.4 is 5.32 Å². The number of unbranched alkanes of at least 4 members (excludes halogenated alkanes) is 49. The molecule has 0 radical (unpaired) electrons. The Morgan fingerprint density at radius 2 is 0.653 bits per heavy atom. The number of esters is 1. The van der Waals surface area contributed by atoms with Gasteiger partial charge in [0.25, 0.3) is 0 Å². The summed E-state index contributed by atoms with van der Waals surface area (Å²) in [6, 6.07) is -0.543. The molecule has 0 aromatic heterocycles. The zero-order valence-electron chi connectivity index (χ0n) is 48.9. The summed E-state index contributed by atoms with van der Waals surface area (Å²) in [5.74, 6) is -0.0294. The molecule has 3 N–H and O–H groups in total. The Balaban J connectivity index is 3.39. The van der Waals surface area contributed by atoms with Crippen LogP contribution in [0.15, 0.2) is 12.2 Å². The highest BCUT2D eigenvalue weighted by atomic mass is 16.5. The number of hydrogen-bond acceptors (Lipinski definition) is 5. The minimum atomic E-state index is -0.666. The highest BCUT2D eigenvalue weighted by Gasteiger charge is 2.20. The Morgan fingerprint density at radius 1 is 0.375 bits per heavy atom. The van der Waals surface area contributed by atoms with Crippen molar-refractivity contribution < 1.29 is 24.5 Å². The summed E-state index contributed by atoms with van der Waals surface area (Å²) in [4.78, 5) is 24.6. The normalized spacial score (nSPS) is 12.6. The average Bonchev–Trinajstić information content (AvgIpc) is 3.38. The Bertz CT molecular complexity index is 1080. The number of carbonyl (C=O) groups excluding carboxylic acids is 2. The van der Waals surface area contributed by atoms with Crippen molar-refractivity contribution in [2.24, 2.45) is 0 Å². The lowest BCUT2D eigenvalue weighted by atomic mass is 10.0. The summed E-state index contributed by atoms with van der Waals surface area (Å²) < 4.78 is 5.48. The highest BCUT2D eigenvalue weighted by molar-refractivity contribution is 5.76. The van der Waals surface area contributed by atoms with Crippen LogP contribution >= 0.6 is 0 Å². The van der Waals surface area contributed by atoms with E-state index >= 15 is 0 Å². The molecule has 2 unspecified atom stereocenters. The minimum absolute atomic E-state index is 0.00317. The summed E-state index contributed by atoms with van der Waals surface area (Å²) in [6.07, 6.45) is 75.1. The number of carbonyl (C=O) groups is 2. The molecule has 0 aliphatic rings. The molecule has 2 atom stereocenters. The molecule has 1 amide bonds. The van der Waals surface area contributed by atoms with E-state index in [1.807, 2.05) is 0 Å². The molecular weight excluding hydrogens is 887 g/mol. The van der Waals surface area contributed by atoms with Gasteiger partial charge in [-0.25, -0.2) is 0 Å². The average molecular weight is 1020 g/mol. The third-order valence-corrected chi connectivity index (χ3v) is 15.6. The van der Waals surface area contributed by atoms with Crippen molar-refractivity contribution in [3.05, 3.63) is 12.2 Å². The fraction of sp³-hybridized carbons (Fsp3) is 0.939. The maximum absolute atomic E-state index is 12.5. The molecule has 0 aliphatic carbocycles. The quantitative estimate of drug-likeness (QED) is 0.0320. The van der Waals surface area contributed by atoms with E-state index in [4.69, 9.17) is 4.74 Å². The second-order valence-corrected chi connectivity index (χ2v) is 22.8. The largest absolute Gasteiger partial charge is 0.466 e. The van der Waals surface area contributed by atoms with E-state index in [0.717, 1.165) is 44.9 Å². The molecule has 0 saturated heterocycles. The molecule has 428 valence electrons. The molecule has 6 heteroatoms. The van der Waals surface area contributed by atoms with E-state index in [0.29, 0.717) is 25.9 Å². The van der Waals surface area contributed by atoms with Gasteiger partial charge >= 0.3 is 5.97 Å². The van der Waals surface area contributed by atoms with Gasteiger partial charge in [-0.1, -0.05) is 321 Å². The zero-order chi connectivity index (χ0) is 52.2. The first-order valence-electron chi connectivity index (χ1n) is 32.9.